The Morgan fingerprint density at radius 1 is 1.05 bits per heavy atom. The molecule has 214 valence electrons. The first-order valence-electron chi connectivity index (χ1n) is 14.2. The van der Waals surface area contributed by atoms with Crippen molar-refractivity contribution < 1.29 is 18.0 Å². The Balaban J connectivity index is 1.57. The number of hydrogen-bond donors (Lipinski definition) is 1. The van der Waals surface area contributed by atoms with Gasteiger partial charge >= 0.3 is 0 Å². The number of rotatable bonds is 10. The van der Waals surface area contributed by atoms with Crippen LogP contribution in [0.3, 0.4) is 0 Å². The van der Waals surface area contributed by atoms with Crippen molar-refractivity contribution in [2.24, 2.45) is 0 Å². The summed E-state index contributed by atoms with van der Waals surface area (Å²) in [5.74, 6) is -0.374. The molecule has 1 aromatic heterocycles. The van der Waals surface area contributed by atoms with Crippen LogP contribution < -0.4 is 5.32 Å². The van der Waals surface area contributed by atoms with Crippen LogP contribution in [0.5, 0.6) is 0 Å². The molecule has 8 nitrogen and oxygen atoms in total. The first-order chi connectivity index (χ1) is 18.7. The van der Waals surface area contributed by atoms with E-state index in [1.807, 2.05) is 4.90 Å². The van der Waals surface area contributed by atoms with E-state index in [0.29, 0.717) is 29.2 Å². The summed E-state index contributed by atoms with van der Waals surface area (Å²) in [6, 6.07) is 6.15. The second kappa shape index (κ2) is 12.9. The van der Waals surface area contributed by atoms with E-state index in [4.69, 9.17) is 0 Å². The lowest BCUT2D eigenvalue weighted by Gasteiger charge is -2.30. The van der Waals surface area contributed by atoms with Crippen molar-refractivity contribution in [3.05, 3.63) is 45.8 Å². The topological polar surface area (TPSA) is 90.0 Å². The molecule has 1 saturated carbocycles. The normalized spacial score (nSPS) is 16.7. The largest absolute Gasteiger partial charge is 0.339 e. The van der Waals surface area contributed by atoms with Gasteiger partial charge in [0.2, 0.25) is 10.0 Å². The number of anilines is 1. The van der Waals surface area contributed by atoms with Crippen LogP contribution in [0.15, 0.2) is 29.2 Å². The van der Waals surface area contributed by atoms with Crippen molar-refractivity contribution in [1.82, 2.24) is 14.1 Å². The maximum absolute atomic E-state index is 13.7. The standard InChI is InChI=1S/C29H42N4O4S2/c1-5-17-33(18-6-2)29(35)26-24-16-19-31(3)20-25(24)38-28(26)30-27(34)21-12-14-23(15-13-21)39(36,37)32(4)22-10-8-7-9-11-22/h12-15,22H,5-11,16-20H2,1-4H3,(H,30,34). The molecular weight excluding hydrogens is 532 g/mol. The molecule has 1 fully saturated rings. The van der Waals surface area contributed by atoms with Gasteiger partial charge in [0.25, 0.3) is 11.8 Å². The number of sulfonamides is 1. The van der Waals surface area contributed by atoms with Crippen LogP contribution in [-0.4, -0.2) is 74.1 Å². The molecule has 0 spiro atoms. The van der Waals surface area contributed by atoms with Crippen LogP contribution in [0.2, 0.25) is 0 Å². The fourth-order valence-corrected chi connectivity index (χ4v) is 8.35. The Hall–Kier alpha value is -2.27. The van der Waals surface area contributed by atoms with Crippen molar-refractivity contribution in [2.75, 3.05) is 39.0 Å². The van der Waals surface area contributed by atoms with Gasteiger partial charge in [0.15, 0.2) is 0 Å². The summed E-state index contributed by atoms with van der Waals surface area (Å²) in [6.07, 6.45) is 7.52. The molecule has 0 atom stereocenters. The monoisotopic (exact) mass is 574 g/mol. The number of likely N-dealkylation sites (N-methyl/N-ethyl adjacent to an activating group) is 1. The van der Waals surface area contributed by atoms with Crippen LogP contribution >= 0.6 is 11.3 Å². The van der Waals surface area contributed by atoms with Gasteiger partial charge in [-0.2, -0.15) is 4.31 Å². The first kappa shape index (κ1) is 29.7. The van der Waals surface area contributed by atoms with E-state index >= 15 is 0 Å². The molecule has 2 amide bonds. The molecule has 2 aliphatic rings. The fraction of sp³-hybridized carbons (Fsp3) is 0.586. The predicted molar refractivity (Wildman–Crippen MR) is 157 cm³/mol. The van der Waals surface area contributed by atoms with Gasteiger partial charge in [-0.05, 0) is 69.0 Å². The minimum Gasteiger partial charge on any atom is -0.339 e. The number of nitrogens with zero attached hydrogens (tertiary/aromatic N) is 3. The molecule has 1 aliphatic heterocycles. The maximum atomic E-state index is 13.7. The average molecular weight is 575 g/mol. The van der Waals surface area contributed by atoms with E-state index in [2.05, 4.69) is 31.1 Å². The molecule has 2 aromatic rings. The smallest absolute Gasteiger partial charge is 0.257 e. The van der Waals surface area contributed by atoms with Gasteiger partial charge in [-0.3, -0.25) is 9.59 Å². The fourth-order valence-electron chi connectivity index (χ4n) is 5.62. The van der Waals surface area contributed by atoms with Crippen LogP contribution in [0.4, 0.5) is 5.00 Å². The molecule has 10 heteroatoms. The Kier molecular flexibility index (Phi) is 9.85. The molecule has 2 heterocycles. The average Bonchev–Trinajstić information content (AvgIpc) is 3.29. The molecule has 39 heavy (non-hydrogen) atoms. The third kappa shape index (κ3) is 6.56. The minimum atomic E-state index is -3.64. The summed E-state index contributed by atoms with van der Waals surface area (Å²) in [6.45, 7) is 7.09. The van der Waals surface area contributed by atoms with Gasteiger partial charge in [-0.1, -0.05) is 33.1 Å². The van der Waals surface area contributed by atoms with Gasteiger partial charge in [0.1, 0.15) is 5.00 Å². The van der Waals surface area contributed by atoms with E-state index < -0.39 is 10.0 Å². The highest BCUT2D eigenvalue weighted by Crippen LogP contribution is 2.38. The summed E-state index contributed by atoms with van der Waals surface area (Å²) in [5.41, 5.74) is 2.02. The van der Waals surface area contributed by atoms with Crippen LogP contribution in [0.25, 0.3) is 0 Å². The van der Waals surface area contributed by atoms with Crippen LogP contribution in [-0.2, 0) is 23.0 Å². The highest BCUT2D eigenvalue weighted by Gasteiger charge is 2.31. The van der Waals surface area contributed by atoms with Crippen molar-refractivity contribution in [1.29, 1.82) is 0 Å². The zero-order valence-electron chi connectivity index (χ0n) is 23.7. The van der Waals surface area contributed by atoms with E-state index in [1.54, 1.807) is 19.2 Å². The third-order valence-corrected chi connectivity index (χ3v) is 10.9. The summed E-state index contributed by atoms with van der Waals surface area (Å²) in [4.78, 5) is 32.5. The maximum Gasteiger partial charge on any atom is 0.257 e. The van der Waals surface area contributed by atoms with Crippen molar-refractivity contribution in [3.63, 3.8) is 0 Å². The summed E-state index contributed by atoms with van der Waals surface area (Å²) in [7, 11) is 0.0764. The first-order valence-corrected chi connectivity index (χ1v) is 16.4. The molecule has 4 rings (SSSR count). The number of nitrogens with one attached hydrogen (secondary N) is 1. The second-order valence-electron chi connectivity index (χ2n) is 10.8. The number of benzene rings is 1. The Bertz CT molecular complexity index is 1260. The van der Waals surface area contributed by atoms with E-state index in [9.17, 15) is 18.0 Å². The zero-order chi connectivity index (χ0) is 28.2. The molecule has 1 aliphatic carbocycles. The Labute approximate surface area is 237 Å². The van der Waals surface area contributed by atoms with Crippen molar-refractivity contribution >= 4 is 38.2 Å². The number of amides is 2. The van der Waals surface area contributed by atoms with Gasteiger partial charge < -0.3 is 15.1 Å². The number of carbonyl (C=O) groups is 2. The highest BCUT2D eigenvalue weighted by molar-refractivity contribution is 7.89. The number of carbonyl (C=O) groups excluding carboxylic acids is 2. The van der Waals surface area contributed by atoms with Crippen LogP contribution in [0, 0.1) is 0 Å². The SMILES string of the molecule is CCCN(CCC)C(=O)c1c(NC(=O)c2ccc(S(=O)(=O)N(C)C3CCCCC3)cc2)sc2c1CCN(C)C2. The Morgan fingerprint density at radius 2 is 1.69 bits per heavy atom. The quantitative estimate of drug-likeness (QED) is 0.421. The van der Waals surface area contributed by atoms with Gasteiger partial charge in [-0.25, -0.2) is 8.42 Å². The second-order valence-corrected chi connectivity index (χ2v) is 13.9. The van der Waals surface area contributed by atoms with E-state index in [0.717, 1.165) is 74.9 Å². The van der Waals surface area contributed by atoms with Crippen molar-refractivity contribution in [3.8, 4) is 0 Å². The Morgan fingerprint density at radius 3 is 2.31 bits per heavy atom. The molecule has 1 N–H and O–H groups in total. The molecule has 0 saturated heterocycles. The number of thiophene rings is 1. The molecule has 1 aromatic carbocycles. The number of hydrogen-bond acceptors (Lipinski definition) is 6. The summed E-state index contributed by atoms with van der Waals surface area (Å²) >= 11 is 1.47. The third-order valence-electron chi connectivity index (χ3n) is 7.85. The lowest BCUT2D eigenvalue weighted by Crippen LogP contribution is -2.38. The number of fused-ring (bicyclic) bond motifs is 1. The van der Waals surface area contributed by atoms with Gasteiger partial charge in [0, 0.05) is 49.7 Å². The molecule has 0 bridgehead atoms. The molecular formula is C29H42N4O4S2. The van der Waals surface area contributed by atoms with E-state index in [1.165, 1.54) is 27.8 Å². The van der Waals surface area contributed by atoms with Crippen LogP contribution in [0.1, 0.15) is 89.9 Å². The molecule has 0 unspecified atom stereocenters. The van der Waals surface area contributed by atoms with E-state index in [-0.39, 0.29) is 22.8 Å². The summed E-state index contributed by atoms with van der Waals surface area (Å²) < 4.78 is 27.9. The predicted octanol–water partition coefficient (Wildman–Crippen LogP) is 5.20. The minimum absolute atomic E-state index is 0.0200. The summed E-state index contributed by atoms with van der Waals surface area (Å²) in [5, 5.41) is 3.59. The molecule has 0 radical (unpaired) electrons. The highest BCUT2D eigenvalue weighted by atomic mass is 32.2. The van der Waals surface area contributed by atoms with Gasteiger partial charge in [-0.15, -0.1) is 11.3 Å². The zero-order valence-corrected chi connectivity index (χ0v) is 25.3. The lowest BCUT2D eigenvalue weighted by molar-refractivity contribution is 0.0755. The van der Waals surface area contributed by atoms with Gasteiger partial charge in [0.05, 0.1) is 10.5 Å². The lowest BCUT2D eigenvalue weighted by atomic mass is 9.96. The van der Waals surface area contributed by atoms with Crippen molar-refractivity contribution in [2.45, 2.75) is 82.7 Å².